The van der Waals surface area contributed by atoms with Gasteiger partial charge in [-0.1, -0.05) is 22.0 Å². The van der Waals surface area contributed by atoms with E-state index in [1.165, 1.54) is 12.8 Å². The summed E-state index contributed by atoms with van der Waals surface area (Å²) in [6.45, 7) is 0.735. The van der Waals surface area contributed by atoms with Crippen molar-refractivity contribution in [3.05, 3.63) is 28.7 Å². The van der Waals surface area contributed by atoms with Gasteiger partial charge in [-0.25, -0.2) is 0 Å². The van der Waals surface area contributed by atoms with Gasteiger partial charge in [-0.15, -0.1) is 0 Å². The van der Waals surface area contributed by atoms with Gasteiger partial charge in [0, 0.05) is 10.4 Å². The van der Waals surface area contributed by atoms with E-state index in [9.17, 15) is 0 Å². The van der Waals surface area contributed by atoms with Crippen molar-refractivity contribution in [3.63, 3.8) is 0 Å². The van der Waals surface area contributed by atoms with Crippen molar-refractivity contribution in [1.29, 1.82) is 0 Å². The number of hydrogen-bond donors (Lipinski definition) is 1. The van der Waals surface area contributed by atoms with E-state index >= 15 is 0 Å². The van der Waals surface area contributed by atoms with Crippen molar-refractivity contribution in [1.82, 2.24) is 0 Å². The molecule has 2 rings (SSSR count). The van der Waals surface area contributed by atoms with Gasteiger partial charge in [-0.05, 0) is 44.0 Å². The van der Waals surface area contributed by atoms with Gasteiger partial charge >= 0.3 is 0 Å². The van der Waals surface area contributed by atoms with E-state index < -0.39 is 0 Å². The monoisotopic (exact) mass is 269 g/mol. The van der Waals surface area contributed by atoms with Gasteiger partial charge in [0.2, 0.25) is 0 Å². The van der Waals surface area contributed by atoms with Crippen LogP contribution in [-0.4, -0.2) is 12.6 Å². The van der Waals surface area contributed by atoms with Crippen LogP contribution in [0.25, 0.3) is 0 Å². The number of ether oxygens (including phenoxy) is 1. The molecule has 2 unspecified atom stereocenters. The third kappa shape index (κ3) is 2.73. The van der Waals surface area contributed by atoms with Crippen LogP contribution >= 0.6 is 15.9 Å². The zero-order chi connectivity index (χ0) is 10.7. The molecule has 0 bridgehead atoms. The molecule has 82 valence electrons. The lowest BCUT2D eigenvalue weighted by molar-refractivity contribution is 0.162. The Morgan fingerprint density at radius 2 is 2.27 bits per heavy atom. The zero-order valence-corrected chi connectivity index (χ0v) is 10.2. The first kappa shape index (κ1) is 11.0. The Morgan fingerprint density at radius 3 is 3.00 bits per heavy atom. The first-order chi connectivity index (χ1) is 7.29. The predicted molar refractivity (Wildman–Crippen MR) is 65.0 cm³/mol. The fourth-order valence-corrected chi connectivity index (χ4v) is 2.52. The Labute approximate surface area is 98.9 Å². The standard InChI is InChI=1S/C12H16BrNO/c13-10-4-2-5-11(7-10)15-12-6-1-3-9(12)8-14/h2,4-5,7,9,12H,1,3,6,8,14H2. The Balaban J connectivity index is 2.02. The van der Waals surface area contributed by atoms with Crippen LogP contribution in [0.2, 0.25) is 0 Å². The van der Waals surface area contributed by atoms with Crippen molar-refractivity contribution in [2.75, 3.05) is 6.54 Å². The van der Waals surface area contributed by atoms with Gasteiger partial charge in [0.15, 0.2) is 0 Å². The maximum absolute atomic E-state index is 5.95. The van der Waals surface area contributed by atoms with Crippen molar-refractivity contribution in [2.24, 2.45) is 11.7 Å². The summed E-state index contributed by atoms with van der Waals surface area (Å²) >= 11 is 3.44. The molecule has 1 aromatic carbocycles. The normalized spacial score (nSPS) is 25.5. The molecule has 1 fully saturated rings. The van der Waals surface area contributed by atoms with E-state index in [4.69, 9.17) is 10.5 Å². The minimum absolute atomic E-state index is 0.310. The maximum atomic E-state index is 5.95. The molecular formula is C12H16BrNO. The first-order valence-electron chi connectivity index (χ1n) is 5.42. The summed E-state index contributed by atoms with van der Waals surface area (Å²) in [5.41, 5.74) is 5.72. The third-order valence-corrected chi connectivity index (χ3v) is 3.47. The van der Waals surface area contributed by atoms with E-state index in [0.29, 0.717) is 12.0 Å². The first-order valence-corrected chi connectivity index (χ1v) is 6.21. The number of halogens is 1. The minimum Gasteiger partial charge on any atom is -0.490 e. The fraction of sp³-hybridized carbons (Fsp3) is 0.500. The zero-order valence-electron chi connectivity index (χ0n) is 8.66. The molecule has 0 amide bonds. The summed E-state index contributed by atoms with van der Waals surface area (Å²) in [5.74, 6) is 1.47. The van der Waals surface area contributed by atoms with Crippen LogP contribution in [0.1, 0.15) is 19.3 Å². The molecule has 1 aliphatic rings. The molecular weight excluding hydrogens is 254 g/mol. The van der Waals surface area contributed by atoms with Gasteiger partial charge in [0.05, 0.1) is 0 Å². The van der Waals surface area contributed by atoms with E-state index in [2.05, 4.69) is 15.9 Å². The van der Waals surface area contributed by atoms with Crippen molar-refractivity contribution in [2.45, 2.75) is 25.4 Å². The molecule has 2 nitrogen and oxygen atoms in total. The Kier molecular flexibility index (Phi) is 3.65. The lowest BCUT2D eigenvalue weighted by Crippen LogP contribution is -2.27. The van der Waals surface area contributed by atoms with Crippen LogP contribution < -0.4 is 10.5 Å². The van der Waals surface area contributed by atoms with Crippen LogP contribution in [0.4, 0.5) is 0 Å². The van der Waals surface area contributed by atoms with Crippen molar-refractivity contribution in [3.8, 4) is 5.75 Å². The molecule has 1 aliphatic carbocycles. The Hall–Kier alpha value is -0.540. The second-order valence-electron chi connectivity index (χ2n) is 4.04. The quantitative estimate of drug-likeness (QED) is 0.916. The van der Waals surface area contributed by atoms with E-state index in [1.807, 2.05) is 24.3 Å². The number of hydrogen-bond acceptors (Lipinski definition) is 2. The van der Waals surface area contributed by atoms with Gasteiger partial charge in [0.25, 0.3) is 0 Å². The smallest absolute Gasteiger partial charge is 0.120 e. The summed E-state index contributed by atoms with van der Waals surface area (Å²) < 4.78 is 7.01. The van der Waals surface area contributed by atoms with Gasteiger partial charge < -0.3 is 10.5 Å². The summed E-state index contributed by atoms with van der Waals surface area (Å²) in [6, 6.07) is 8.00. The molecule has 0 aliphatic heterocycles. The van der Waals surface area contributed by atoms with Gasteiger partial charge in [-0.2, -0.15) is 0 Å². The molecule has 0 spiro atoms. The Bertz CT molecular complexity index is 329. The molecule has 0 radical (unpaired) electrons. The molecule has 1 saturated carbocycles. The van der Waals surface area contributed by atoms with Gasteiger partial charge in [0.1, 0.15) is 11.9 Å². The summed E-state index contributed by atoms with van der Waals surface area (Å²) in [5, 5.41) is 0. The third-order valence-electron chi connectivity index (χ3n) is 2.98. The molecule has 1 aromatic rings. The van der Waals surface area contributed by atoms with Crippen LogP contribution in [0, 0.1) is 5.92 Å². The predicted octanol–water partition coefficient (Wildman–Crippen LogP) is 2.96. The lowest BCUT2D eigenvalue weighted by Gasteiger charge is -2.19. The second-order valence-corrected chi connectivity index (χ2v) is 4.96. The van der Waals surface area contributed by atoms with Crippen molar-refractivity contribution < 1.29 is 4.74 Å². The summed E-state index contributed by atoms with van der Waals surface area (Å²) in [6.07, 6.45) is 3.88. The number of rotatable bonds is 3. The topological polar surface area (TPSA) is 35.2 Å². The van der Waals surface area contributed by atoms with E-state index in [0.717, 1.165) is 23.2 Å². The summed E-state index contributed by atoms with van der Waals surface area (Å²) in [7, 11) is 0. The number of benzene rings is 1. The average molecular weight is 270 g/mol. The highest BCUT2D eigenvalue weighted by Crippen LogP contribution is 2.29. The van der Waals surface area contributed by atoms with E-state index in [-0.39, 0.29) is 0 Å². The van der Waals surface area contributed by atoms with Crippen LogP contribution in [-0.2, 0) is 0 Å². The summed E-state index contributed by atoms with van der Waals surface area (Å²) in [4.78, 5) is 0. The maximum Gasteiger partial charge on any atom is 0.120 e. The lowest BCUT2D eigenvalue weighted by atomic mass is 10.1. The molecule has 0 saturated heterocycles. The molecule has 3 heteroatoms. The molecule has 0 heterocycles. The highest BCUT2D eigenvalue weighted by molar-refractivity contribution is 9.10. The average Bonchev–Trinajstić information content (AvgIpc) is 2.65. The van der Waals surface area contributed by atoms with Crippen LogP contribution in [0.15, 0.2) is 28.7 Å². The highest BCUT2D eigenvalue weighted by atomic mass is 79.9. The van der Waals surface area contributed by atoms with Crippen LogP contribution in [0.3, 0.4) is 0 Å². The van der Waals surface area contributed by atoms with Crippen LogP contribution in [0.5, 0.6) is 5.75 Å². The fourth-order valence-electron chi connectivity index (χ4n) is 2.14. The largest absolute Gasteiger partial charge is 0.490 e. The molecule has 0 aromatic heterocycles. The molecule has 2 atom stereocenters. The SMILES string of the molecule is NCC1CCCC1Oc1cccc(Br)c1. The molecule has 15 heavy (non-hydrogen) atoms. The van der Waals surface area contributed by atoms with Crippen molar-refractivity contribution >= 4 is 15.9 Å². The molecule has 2 N–H and O–H groups in total. The number of nitrogens with two attached hydrogens (primary N) is 1. The Morgan fingerprint density at radius 1 is 1.40 bits per heavy atom. The highest BCUT2D eigenvalue weighted by Gasteiger charge is 2.27. The second kappa shape index (κ2) is 4.99. The van der Waals surface area contributed by atoms with E-state index in [1.54, 1.807) is 0 Å². The minimum atomic E-state index is 0.310. The van der Waals surface area contributed by atoms with Gasteiger partial charge in [-0.3, -0.25) is 0 Å².